The Bertz CT molecular complexity index is 404. The Morgan fingerprint density at radius 3 is 2.50 bits per heavy atom. The van der Waals surface area contributed by atoms with Gasteiger partial charge in [-0.05, 0) is 25.1 Å². The molecule has 0 aromatic heterocycles. The van der Waals surface area contributed by atoms with Gasteiger partial charge in [-0.25, -0.2) is 0 Å². The van der Waals surface area contributed by atoms with Crippen LogP contribution in [-0.4, -0.2) is 23.0 Å². The Morgan fingerprint density at radius 1 is 1.31 bits per heavy atom. The Hall–Kier alpha value is -2.04. The molecule has 86 valence electrons. The average Bonchev–Trinajstić information content (AvgIpc) is 2.16. The molecule has 1 aromatic carbocycles. The number of nitrogens with one attached hydrogen (secondary N) is 2. The third-order valence-corrected chi connectivity index (χ3v) is 1.94. The second kappa shape index (κ2) is 5.16. The van der Waals surface area contributed by atoms with E-state index >= 15 is 0 Å². The van der Waals surface area contributed by atoms with E-state index in [-0.39, 0.29) is 5.91 Å². The second-order valence-corrected chi connectivity index (χ2v) is 3.47. The van der Waals surface area contributed by atoms with Gasteiger partial charge in [-0.3, -0.25) is 9.59 Å². The van der Waals surface area contributed by atoms with Crippen LogP contribution in [0.5, 0.6) is 0 Å². The number of amides is 1. The van der Waals surface area contributed by atoms with Gasteiger partial charge in [0.05, 0.1) is 0 Å². The van der Waals surface area contributed by atoms with Crippen LogP contribution in [-0.2, 0) is 9.59 Å². The van der Waals surface area contributed by atoms with Crippen LogP contribution in [0.1, 0.15) is 13.8 Å². The van der Waals surface area contributed by atoms with E-state index in [9.17, 15) is 9.59 Å². The van der Waals surface area contributed by atoms with Gasteiger partial charge in [0.1, 0.15) is 6.04 Å². The lowest BCUT2D eigenvalue weighted by atomic mass is 10.2. The van der Waals surface area contributed by atoms with Crippen LogP contribution in [0, 0.1) is 0 Å². The molecule has 0 heterocycles. The molecular weight excluding hydrogens is 208 g/mol. The number of carbonyl (C=O) groups is 2. The quantitative estimate of drug-likeness (QED) is 0.721. The van der Waals surface area contributed by atoms with Crippen LogP contribution < -0.4 is 10.6 Å². The summed E-state index contributed by atoms with van der Waals surface area (Å²) in [4.78, 5) is 21.5. The van der Waals surface area contributed by atoms with Gasteiger partial charge in [-0.15, -0.1) is 0 Å². The Morgan fingerprint density at radius 2 is 1.94 bits per heavy atom. The summed E-state index contributed by atoms with van der Waals surface area (Å²) in [7, 11) is 0. The van der Waals surface area contributed by atoms with Gasteiger partial charge < -0.3 is 15.7 Å². The molecule has 0 radical (unpaired) electrons. The molecule has 1 aromatic rings. The minimum Gasteiger partial charge on any atom is -0.480 e. The lowest BCUT2D eigenvalue weighted by Crippen LogP contribution is -2.25. The molecule has 3 N–H and O–H groups in total. The van der Waals surface area contributed by atoms with Crippen LogP contribution >= 0.6 is 0 Å². The summed E-state index contributed by atoms with van der Waals surface area (Å²) in [5, 5.41) is 14.2. The zero-order valence-corrected chi connectivity index (χ0v) is 9.15. The first kappa shape index (κ1) is 12.0. The van der Waals surface area contributed by atoms with Gasteiger partial charge in [0.2, 0.25) is 5.91 Å². The van der Waals surface area contributed by atoms with Crippen molar-refractivity contribution in [1.82, 2.24) is 0 Å². The van der Waals surface area contributed by atoms with E-state index < -0.39 is 12.0 Å². The highest BCUT2D eigenvalue weighted by atomic mass is 16.4. The topological polar surface area (TPSA) is 78.4 Å². The predicted octanol–water partition coefficient (Wildman–Crippen LogP) is 1.53. The van der Waals surface area contributed by atoms with Crippen LogP contribution in [0.2, 0.25) is 0 Å². The summed E-state index contributed by atoms with van der Waals surface area (Å²) in [6.45, 7) is 2.97. The van der Waals surface area contributed by atoms with Crippen molar-refractivity contribution in [2.75, 3.05) is 10.6 Å². The number of benzene rings is 1. The highest BCUT2D eigenvalue weighted by molar-refractivity contribution is 5.89. The highest BCUT2D eigenvalue weighted by Crippen LogP contribution is 2.15. The maximum atomic E-state index is 10.8. The van der Waals surface area contributed by atoms with Gasteiger partial charge in [-0.2, -0.15) is 0 Å². The van der Waals surface area contributed by atoms with Crippen LogP contribution in [0.25, 0.3) is 0 Å². The summed E-state index contributed by atoms with van der Waals surface area (Å²) in [5.41, 5.74) is 1.29. The summed E-state index contributed by atoms with van der Waals surface area (Å²) >= 11 is 0. The standard InChI is InChI=1S/C11H14N2O3/c1-7(11(15)16)12-9-4-3-5-10(6-9)13-8(2)14/h3-7,12H,1-2H3,(H,13,14)(H,15,16). The second-order valence-electron chi connectivity index (χ2n) is 3.47. The number of hydrogen-bond acceptors (Lipinski definition) is 3. The molecule has 5 nitrogen and oxygen atoms in total. The van der Waals surface area contributed by atoms with E-state index in [0.29, 0.717) is 11.4 Å². The van der Waals surface area contributed by atoms with Gasteiger partial charge >= 0.3 is 5.97 Å². The number of rotatable bonds is 4. The minimum absolute atomic E-state index is 0.163. The van der Waals surface area contributed by atoms with E-state index in [4.69, 9.17) is 5.11 Å². The molecule has 1 rings (SSSR count). The molecule has 0 aliphatic carbocycles. The monoisotopic (exact) mass is 222 g/mol. The third-order valence-electron chi connectivity index (χ3n) is 1.94. The van der Waals surface area contributed by atoms with Crippen molar-refractivity contribution >= 4 is 23.3 Å². The normalized spacial score (nSPS) is 11.6. The third kappa shape index (κ3) is 3.61. The molecule has 0 saturated heterocycles. The lowest BCUT2D eigenvalue weighted by molar-refractivity contribution is -0.137. The van der Waals surface area contributed by atoms with E-state index in [1.54, 1.807) is 31.2 Å². The predicted molar refractivity (Wildman–Crippen MR) is 61.5 cm³/mol. The maximum Gasteiger partial charge on any atom is 0.325 e. The molecular formula is C11H14N2O3. The highest BCUT2D eigenvalue weighted by Gasteiger charge is 2.09. The largest absolute Gasteiger partial charge is 0.480 e. The minimum atomic E-state index is -0.926. The first-order chi connectivity index (χ1) is 7.49. The van der Waals surface area contributed by atoms with Gasteiger partial charge in [-0.1, -0.05) is 6.07 Å². The molecule has 0 aliphatic heterocycles. The zero-order chi connectivity index (χ0) is 12.1. The van der Waals surface area contributed by atoms with Gasteiger partial charge in [0, 0.05) is 18.3 Å². The van der Waals surface area contributed by atoms with E-state index in [0.717, 1.165) is 0 Å². The van der Waals surface area contributed by atoms with Crippen molar-refractivity contribution in [3.05, 3.63) is 24.3 Å². The molecule has 0 bridgehead atoms. The number of carboxylic acid groups (broad SMARTS) is 1. The molecule has 1 unspecified atom stereocenters. The van der Waals surface area contributed by atoms with Crippen molar-refractivity contribution in [2.24, 2.45) is 0 Å². The van der Waals surface area contributed by atoms with E-state index in [1.165, 1.54) is 6.92 Å². The fourth-order valence-corrected chi connectivity index (χ4v) is 1.20. The molecule has 1 amide bonds. The Labute approximate surface area is 93.5 Å². The van der Waals surface area contributed by atoms with Crippen LogP contribution in [0.4, 0.5) is 11.4 Å². The summed E-state index contributed by atoms with van der Waals surface area (Å²) in [6, 6.07) is 6.22. The Balaban J connectivity index is 2.74. The van der Waals surface area contributed by atoms with Gasteiger partial charge in [0.25, 0.3) is 0 Å². The zero-order valence-electron chi connectivity index (χ0n) is 9.15. The fourth-order valence-electron chi connectivity index (χ4n) is 1.20. The summed E-state index contributed by atoms with van der Waals surface area (Å²) in [6.07, 6.45) is 0. The smallest absolute Gasteiger partial charge is 0.325 e. The molecule has 0 spiro atoms. The summed E-state index contributed by atoms with van der Waals surface area (Å²) in [5.74, 6) is -1.09. The molecule has 5 heteroatoms. The maximum absolute atomic E-state index is 10.8. The number of anilines is 2. The number of carboxylic acids is 1. The average molecular weight is 222 g/mol. The SMILES string of the molecule is CC(=O)Nc1cccc(NC(C)C(=O)O)c1. The molecule has 0 aliphatic rings. The fraction of sp³-hybridized carbons (Fsp3) is 0.273. The molecule has 16 heavy (non-hydrogen) atoms. The molecule has 0 saturated carbocycles. The van der Waals surface area contributed by atoms with Gasteiger partial charge in [0.15, 0.2) is 0 Å². The summed E-state index contributed by atoms with van der Waals surface area (Å²) < 4.78 is 0. The first-order valence-electron chi connectivity index (χ1n) is 4.86. The van der Waals surface area contributed by atoms with Crippen molar-refractivity contribution in [3.63, 3.8) is 0 Å². The van der Waals surface area contributed by atoms with Crippen LogP contribution in [0.3, 0.4) is 0 Å². The number of carbonyl (C=O) groups excluding carboxylic acids is 1. The van der Waals surface area contributed by atoms with Crippen molar-refractivity contribution in [3.8, 4) is 0 Å². The number of aliphatic carboxylic acids is 1. The molecule has 0 fully saturated rings. The first-order valence-corrected chi connectivity index (χ1v) is 4.86. The number of hydrogen-bond donors (Lipinski definition) is 3. The van der Waals surface area contributed by atoms with Crippen molar-refractivity contribution in [1.29, 1.82) is 0 Å². The van der Waals surface area contributed by atoms with Crippen molar-refractivity contribution in [2.45, 2.75) is 19.9 Å². The lowest BCUT2D eigenvalue weighted by Gasteiger charge is -2.11. The van der Waals surface area contributed by atoms with E-state index in [1.807, 2.05) is 0 Å². The van der Waals surface area contributed by atoms with Crippen LogP contribution in [0.15, 0.2) is 24.3 Å². The molecule has 1 atom stereocenters. The van der Waals surface area contributed by atoms with Crippen molar-refractivity contribution < 1.29 is 14.7 Å². The van der Waals surface area contributed by atoms with E-state index in [2.05, 4.69) is 10.6 Å². The Kier molecular flexibility index (Phi) is 3.88.